The number of aromatic hydroxyl groups is 2. The Morgan fingerprint density at radius 3 is 2.18 bits per heavy atom. The topological polar surface area (TPSA) is 187 Å². The molecule has 0 saturated carbocycles. The normalized spacial score (nSPS) is 25.4. The van der Waals surface area contributed by atoms with Crippen LogP contribution in [0.1, 0.15) is 74.4 Å². The monoisotopic (exact) mass is 694 g/mol. The van der Waals surface area contributed by atoms with Crippen LogP contribution in [0.3, 0.4) is 0 Å². The molecule has 1 aliphatic heterocycles. The smallest absolute Gasteiger partial charge is 0.411 e. The lowest BCUT2D eigenvalue weighted by atomic mass is 9.73. The standard InChI is InChI=1S/C39H38N2O10/c1-21-37(48-19-22-10-4-2-5-11-22)27(40)16-29(50-21)51-28-18-39(47,20-49-38(46)41-23-12-6-3-7-13-23)17-26-30(28)36(45)32-31(35(26)44)33(42)24-14-8-9-15-25(24)34(32)43/h2-15,21,27-29,37,44-45,47H,16-20,40H2,1H3,(H,41,46)/t21?,27?,28-,29?,37?,39-/m0/s1. The van der Waals surface area contributed by atoms with Crippen molar-refractivity contribution in [3.05, 3.63) is 124 Å². The minimum atomic E-state index is -1.84. The van der Waals surface area contributed by atoms with Crippen molar-refractivity contribution >= 4 is 23.3 Å². The molecular formula is C39H38N2O10. The first-order valence-corrected chi connectivity index (χ1v) is 16.8. The fourth-order valence-corrected chi connectivity index (χ4v) is 7.23. The highest BCUT2D eigenvalue weighted by atomic mass is 16.7. The number of phenols is 2. The summed E-state index contributed by atoms with van der Waals surface area (Å²) in [6, 6.07) is 23.9. The molecule has 6 N–H and O–H groups in total. The zero-order valence-electron chi connectivity index (χ0n) is 27.8. The number of phenolic OH excluding ortho intramolecular Hbond substituents is 2. The van der Waals surface area contributed by atoms with E-state index in [2.05, 4.69) is 5.32 Å². The molecule has 0 bridgehead atoms. The molecule has 1 saturated heterocycles. The average Bonchev–Trinajstić information content (AvgIpc) is 3.11. The largest absolute Gasteiger partial charge is 0.507 e. The van der Waals surface area contributed by atoms with Crippen molar-refractivity contribution in [2.75, 3.05) is 11.9 Å². The van der Waals surface area contributed by atoms with Gasteiger partial charge in [-0.05, 0) is 24.6 Å². The number of aliphatic hydroxyl groups is 1. The van der Waals surface area contributed by atoms with Gasteiger partial charge in [0.2, 0.25) is 0 Å². The summed E-state index contributed by atoms with van der Waals surface area (Å²) in [6.45, 7) is 1.60. The number of amides is 1. The number of ketones is 2. The van der Waals surface area contributed by atoms with Gasteiger partial charge in [-0.3, -0.25) is 14.9 Å². The van der Waals surface area contributed by atoms with E-state index in [0.717, 1.165) is 5.56 Å². The maximum atomic E-state index is 13.7. The van der Waals surface area contributed by atoms with Gasteiger partial charge in [0.1, 0.15) is 23.7 Å². The number of rotatable bonds is 8. The predicted octanol–water partition coefficient (Wildman–Crippen LogP) is 4.90. The molecule has 0 aromatic heterocycles. The van der Waals surface area contributed by atoms with E-state index in [1.165, 1.54) is 12.1 Å². The van der Waals surface area contributed by atoms with Crippen molar-refractivity contribution in [3.8, 4) is 11.5 Å². The second-order valence-electron chi connectivity index (χ2n) is 13.3. The van der Waals surface area contributed by atoms with Crippen molar-refractivity contribution in [2.24, 2.45) is 5.73 Å². The van der Waals surface area contributed by atoms with Crippen LogP contribution in [0.15, 0.2) is 84.9 Å². The first-order valence-electron chi connectivity index (χ1n) is 16.8. The van der Waals surface area contributed by atoms with Gasteiger partial charge >= 0.3 is 6.09 Å². The second-order valence-corrected chi connectivity index (χ2v) is 13.3. The quantitative estimate of drug-likeness (QED) is 0.139. The maximum Gasteiger partial charge on any atom is 0.411 e. The number of carbonyl (C=O) groups excluding carboxylic acids is 3. The Kier molecular flexibility index (Phi) is 9.36. The molecule has 51 heavy (non-hydrogen) atoms. The molecule has 1 heterocycles. The lowest BCUT2D eigenvalue weighted by molar-refractivity contribution is -0.255. The molecule has 1 amide bonds. The fraction of sp³-hybridized carbons (Fsp3) is 0.308. The van der Waals surface area contributed by atoms with Crippen molar-refractivity contribution in [1.82, 2.24) is 0 Å². The van der Waals surface area contributed by atoms with Crippen molar-refractivity contribution < 1.29 is 48.7 Å². The number of ether oxygens (including phenoxy) is 4. The van der Waals surface area contributed by atoms with Crippen molar-refractivity contribution in [2.45, 2.75) is 69.0 Å². The number of carbonyl (C=O) groups is 3. The van der Waals surface area contributed by atoms with E-state index in [0.29, 0.717) is 12.3 Å². The molecule has 0 spiro atoms. The molecule has 3 aliphatic rings. The summed E-state index contributed by atoms with van der Waals surface area (Å²) in [4.78, 5) is 40.1. The zero-order valence-corrected chi connectivity index (χ0v) is 27.8. The summed E-state index contributed by atoms with van der Waals surface area (Å²) in [5, 5.41) is 38.0. The summed E-state index contributed by atoms with van der Waals surface area (Å²) >= 11 is 0. The predicted molar refractivity (Wildman–Crippen MR) is 184 cm³/mol. The maximum absolute atomic E-state index is 13.7. The number of hydrogen-bond acceptors (Lipinski definition) is 11. The van der Waals surface area contributed by atoms with E-state index in [1.54, 1.807) is 49.4 Å². The van der Waals surface area contributed by atoms with Crippen LogP contribution < -0.4 is 11.1 Å². The molecular weight excluding hydrogens is 656 g/mol. The molecule has 4 aromatic carbocycles. The highest BCUT2D eigenvalue weighted by Crippen LogP contribution is 2.52. The van der Waals surface area contributed by atoms with Gasteiger partial charge in [0.15, 0.2) is 17.9 Å². The van der Waals surface area contributed by atoms with E-state index in [-0.39, 0.29) is 52.6 Å². The van der Waals surface area contributed by atoms with Crippen LogP contribution in [0.4, 0.5) is 10.5 Å². The van der Waals surface area contributed by atoms with Gasteiger partial charge in [0, 0.05) is 53.2 Å². The van der Waals surface area contributed by atoms with E-state index in [1.807, 2.05) is 30.3 Å². The Bertz CT molecular complexity index is 1960. The summed E-state index contributed by atoms with van der Waals surface area (Å²) in [5.74, 6) is -2.41. The van der Waals surface area contributed by atoms with Crippen LogP contribution >= 0.6 is 0 Å². The number of nitrogens with one attached hydrogen (secondary N) is 1. The summed E-state index contributed by atoms with van der Waals surface area (Å²) in [5.41, 5.74) is 5.64. The van der Waals surface area contributed by atoms with Gasteiger partial charge < -0.3 is 40.0 Å². The van der Waals surface area contributed by atoms with Crippen molar-refractivity contribution in [3.63, 3.8) is 0 Å². The molecule has 7 rings (SSSR count). The SMILES string of the molecule is CC1OC(O[C@H]2C[C@](O)(COC(=O)Nc3ccccc3)Cc3c(O)c4c(c(O)c32)C(=O)c2ccccc2C4=O)CC(N)C1OCc1ccccc1. The van der Waals surface area contributed by atoms with Gasteiger partial charge in [0.05, 0.1) is 36.0 Å². The highest BCUT2D eigenvalue weighted by molar-refractivity contribution is 6.30. The molecule has 1 fully saturated rings. The van der Waals surface area contributed by atoms with Crippen LogP contribution in [0.2, 0.25) is 0 Å². The molecule has 264 valence electrons. The summed E-state index contributed by atoms with van der Waals surface area (Å²) in [6.07, 6.45) is -4.36. The Morgan fingerprint density at radius 2 is 1.53 bits per heavy atom. The number of nitrogens with two attached hydrogens (primary N) is 1. The number of fused-ring (bicyclic) bond motifs is 3. The van der Waals surface area contributed by atoms with E-state index in [9.17, 15) is 29.7 Å². The molecule has 6 atom stereocenters. The van der Waals surface area contributed by atoms with E-state index < -0.39 is 72.0 Å². The summed E-state index contributed by atoms with van der Waals surface area (Å²) < 4.78 is 24.2. The van der Waals surface area contributed by atoms with E-state index in [4.69, 9.17) is 24.7 Å². The van der Waals surface area contributed by atoms with Gasteiger partial charge in [-0.15, -0.1) is 0 Å². The third-order valence-electron chi connectivity index (χ3n) is 9.66. The molecule has 0 radical (unpaired) electrons. The van der Waals surface area contributed by atoms with Gasteiger partial charge in [-0.1, -0.05) is 72.8 Å². The van der Waals surface area contributed by atoms with Gasteiger partial charge in [-0.2, -0.15) is 0 Å². The second kappa shape index (κ2) is 13.9. The third-order valence-corrected chi connectivity index (χ3v) is 9.66. The zero-order chi connectivity index (χ0) is 35.9. The number of hydrogen-bond donors (Lipinski definition) is 5. The van der Waals surface area contributed by atoms with Crippen LogP contribution in [0, 0.1) is 0 Å². The van der Waals surface area contributed by atoms with Crippen LogP contribution in [-0.2, 0) is 32.0 Å². The number of benzene rings is 4. The van der Waals surface area contributed by atoms with E-state index >= 15 is 0 Å². The Balaban J connectivity index is 1.18. The van der Waals surface area contributed by atoms with Crippen molar-refractivity contribution in [1.29, 1.82) is 0 Å². The minimum absolute atomic E-state index is 0.0187. The van der Waals surface area contributed by atoms with Gasteiger partial charge in [0.25, 0.3) is 0 Å². The van der Waals surface area contributed by atoms with Crippen LogP contribution in [0.5, 0.6) is 11.5 Å². The Labute approximate surface area is 293 Å². The molecule has 4 unspecified atom stereocenters. The third kappa shape index (κ3) is 6.72. The van der Waals surface area contributed by atoms with Crippen LogP contribution in [-0.4, -0.2) is 69.7 Å². The minimum Gasteiger partial charge on any atom is -0.507 e. The number of para-hydroxylation sites is 1. The average molecular weight is 695 g/mol. The molecule has 4 aromatic rings. The highest BCUT2D eigenvalue weighted by Gasteiger charge is 2.48. The lowest BCUT2D eigenvalue weighted by Crippen LogP contribution is -2.53. The molecule has 2 aliphatic carbocycles. The van der Waals surface area contributed by atoms with Gasteiger partial charge in [-0.25, -0.2) is 4.79 Å². The fourth-order valence-electron chi connectivity index (χ4n) is 7.23. The Hall–Kier alpha value is -5.11. The van der Waals surface area contributed by atoms with Crippen LogP contribution in [0.25, 0.3) is 0 Å². The molecule has 12 heteroatoms. The first kappa shape index (κ1) is 34.3. The number of anilines is 1. The molecule has 12 nitrogen and oxygen atoms in total. The Morgan fingerprint density at radius 1 is 0.922 bits per heavy atom. The lowest BCUT2D eigenvalue weighted by Gasteiger charge is -2.43. The summed E-state index contributed by atoms with van der Waals surface area (Å²) in [7, 11) is 0. The first-order chi connectivity index (χ1) is 24.5.